The van der Waals surface area contributed by atoms with Crippen LogP contribution in [0.2, 0.25) is 0 Å². The number of hydrogen-bond acceptors (Lipinski definition) is 24. The van der Waals surface area contributed by atoms with Crippen LogP contribution in [0.5, 0.6) is 5.75 Å². The van der Waals surface area contributed by atoms with E-state index in [0.717, 1.165) is 6.92 Å². The summed E-state index contributed by atoms with van der Waals surface area (Å²) in [6.45, 7) is 19.5. The second kappa shape index (κ2) is 56.7. The molecule has 0 radical (unpaired) electrons. The average Bonchev–Trinajstić information content (AvgIpc) is 0.788. The highest BCUT2D eigenvalue weighted by atomic mass is 16.4. The number of aliphatic carboxylic acids is 5. The third kappa shape index (κ3) is 43.7. The Bertz CT molecular complexity index is 4150. The number of aliphatic hydroxyl groups is 2. The zero-order valence-corrected chi connectivity index (χ0v) is 75.0. The lowest BCUT2D eigenvalue weighted by molar-refractivity contribution is -0.143. The normalized spacial score (nSPS) is 15.1. The number of benzene rings is 2. The van der Waals surface area contributed by atoms with Crippen LogP contribution in [-0.4, -0.2) is 263 Å². The van der Waals surface area contributed by atoms with Crippen LogP contribution in [0.3, 0.4) is 0 Å². The van der Waals surface area contributed by atoms with Crippen LogP contribution in [0.1, 0.15) is 197 Å². The fraction of sp³-hybridized carbons (Fsp3) is 0.624. The number of amides is 15. The van der Waals surface area contributed by atoms with Crippen molar-refractivity contribution in [2.75, 3.05) is 6.61 Å². The molecule has 0 saturated carbocycles. The van der Waals surface area contributed by atoms with E-state index in [1.54, 1.807) is 99.6 Å². The lowest BCUT2D eigenvalue weighted by Gasteiger charge is -2.30. The molecule has 0 fully saturated rings. The molecule has 0 aliphatic heterocycles. The Kier molecular flexibility index (Phi) is 49.5. The topological polar surface area (TPSA) is 724 Å². The van der Waals surface area contributed by atoms with Crippen LogP contribution in [0.25, 0.3) is 0 Å². The summed E-state index contributed by atoms with van der Waals surface area (Å²) in [7, 11) is 0. The van der Waals surface area contributed by atoms with E-state index in [2.05, 4.69) is 74.4 Å². The van der Waals surface area contributed by atoms with Crippen LogP contribution in [0.4, 0.5) is 0 Å². The SMILES string of the molecule is CC(C)C[C@H](NC(=O)[C@H](Cc1ccccc1)NC(=O)[C@H](CCC(=O)O)NC(=O)[C@H](Cc1ccc(O)cc1)NC(=O)[C@H](CC(C)C)NC(=O)[C@H](CC(C)C)NC(=O)[C@H](CCC(=O)O)NC(=O)[C@@H](NC(=O)[C@H](CCC(=O)O)NC(=O)[C@H](CCC(=O)O)NC(=O)[C@H](CC(C)C)NC(=O)[C@H](CO)NC(=O)[C@@H](NC(=O)[C@H](CCC(N)=O)NC(=O)[C@@H](N)CC(C)C)[C@@H](C)O)C(C)C)C(=O)O. The second-order valence-electron chi connectivity index (χ2n) is 34.3. The molecule has 44 nitrogen and oxygen atoms in total. The number of aliphatic hydroxyl groups excluding tert-OH is 2. The first-order valence-corrected chi connectivity index (χ1v) is 42.7. The van der Waals surface area contributed by atoms with Gasteiger partial charge in [0.25, 0.3) is 0 Å². The van der Waals surface area contributed by atoms with E-state index in [0.29, 0.717) is 11.1 Å². The molecule has 0 aromatic heterocycles. The largest absolute Gasteiger partial charge is 0.508 e. The second-order valence-corrected chi connectivity index (χ2v) is 34.3. The molecule has 0 saturated heterocycles. The van der Waals surface area contributed by atoms with E-state index in [1.807, 2.05) is 0 Å². The molecular weight excluding hydrogens is 1690 g/mol. The summed E-state index contributed by atoms with van der Waals surface area (Å²) in [5.41, 5.74) is 12.1. The molecular formula is C85H132N16O28. The molecule has 44 heteroatoms. The molecule has 26 N–H and O–H groups in total. The number of phenols is 1. The van der Waals surface area contributed by atoms with Crippen molar-refractivity contribution in [3.63, 3.8) is 0 Å². The van der Waals surface area contributed by atoms with Gasteiger partial charge in [-0.15, -0.1) is 0 Å². The number of carboxylic acids is 5. The summed E-state index contributed by atoms with van der Waals surface area (Å²) in [4.78, 5) is 272. The highest BCUT2D eigenvalue weighted by Crippen LogP contribution is 2.19. The van der Waals surface area contributed by atoms with Crippen LogP contribution in [-0.2, 0) is 109 Å². The fourth-order valence-corrected chi connectivity index (χ4v) is 13.1. The predicted octanol–water partition coefficient (Wildman–Crippen LogP) is -2.64. The minimum absolute atomic E-state index is 0.000256. The van der Waals surface area contributed by atoms with Crippen molar-refractivity contribution in [1.29, 1.82) is 0 Å². The highest BCUT2D eigenvalue weighted by molar-refractivity contribution is 6.01. The van der Waals surface area contributed by atoms with E-state index >= 15 is 0 Å². The maximum Gasteiger partial charge on any atom is 0.326 e. The van der Waals surface area contributed by atoms with Gasteiger partial charge >= 0.3 is 29.8 Å². The molecule has 129 heavy (non-hydrogen) atoms. The summed E-state index contributed by atoms with van der Waals surface area (Å²) in [6.07, 6.45) is -9.67. The molecule has 16 atom stereocenters. The van der Waals surface area contributed by atoms with Crippen molar-refractivity contribution in [2.24, 2.45) is 47.0 Å². The van der Waals surface area contributed by atoms with Gasteiger partial charge in [0.05, 0.1) is 18.8 Å². The van der Waals surface area contributed by atoms with Crippen molar-refractivity contribution in [3.05, 3.63) is 65.7 Å². The van der Waals surface area contributed by atoms with Crippen LogP contribution >= 0.6 is 0 Å². The molecule has 2 aromatic rings. The third-order valence-electron chi connectivity index (χ3n) is 19.9. The van der Waals surface area contributed by atoms with Gasteiger partial charge in [0.1, 0.15) is 90.3 Å². The minimum atomic E-state index is -1.97. The summed E-state index contributed by atoms with van der Waals surface area (Å²) >= 11 is 0. The number of rotatable bonds is 61. The number of carboxylic acid groups (broad SMARTS) is 5. The van der Waals surface area contributed by atoms with Gasteiger partial charge in [-0.05, 0) is 130 Å². The van der Waals surface area contributed by atoms with Crippen molar-refractivity contribution in [1.82, 2.24) is 74.4 Å². The Morgan fingerprint density at radius 3 is 0.868 bits per heavy atom. The lowest BCUT2D eigenvalue weighted by atomic mass is 9.98. The summed E-state index contributed by atoms with van der Waals surface area (Å²) in [5, 5.41) is 114. The lowest BCUT2D eigenvalue weighted by Crippen LogP contribution is -2.62. The van der Waals surface area contributed by atoms with E-state index in [9.17, 15) is 137 Å². The first kappa shape index (κ1) is 113. The number of phenolic OH excluding ortho intramolecular Hbond substituents is 1. The smallest absolute Gasteiger partial charge is 0.326 e. The number of carbonyl (C=O) groups is 20. The van der Waals surface area contributed by atoms with Crippen molar-refractivity contribution < 1.29 is 137 Å². The Labute approximate surface area is 747 Å². The number of primary amides is 1. The third-order valence-corrected chi connectivity index (χ3v) is 19.9. The molecule has 0 unspecified atom stereocenters. The van der Waals surface area contributed by atoms with E-state index in [-0.39, 0.29) is 69.0 Å². The van der Waals surface area contributed by atoms with Crippen LogP contribution < -0.4 is 85.9 Å². The van der Waals surface area contributed by atoms with Gasteiger partial charge in [-0.3, -0.25) is 91.1 Å². The zero-order valence-electron chi connectivity index (χ0n) is 75.0. The molecule has 0 spiro atoms. The molecule has 0 heterocycles. The number of nitrogens with one attached hydrogen (secondary N) is 14. The van der Waals surface area contributed by atoms with Crippen molar-refractivity contribution >= 4 is 118 Å². The van der Waals surface area contributed by atoms with Crippen LogP contribution in [0, 0.1) is 35.5 Å². The number of aromatic hydroxyl groups is 1. The first-order valence-electron chi connectivity index (χ1n) is 42.7. The first-order chi connectivity index (χ1) is 60.2. The Morgan fingerprint density at radius 2 is 0.550 bits per heavy atom. The van der Waals surface area contributed by atoms with Gasteiger partial charge in [0.15, 0.2) is 0 Å². The molecule has 2 aromatic carbocycles. The van der Waals surface area contributed by atoms with Gasteiger partial charge in [0, 0.05) is 44.9 Å². The molecule has 0 aliphatic carbocycles. The summed E-state index contributed by atoms with van der Waals surface area (Å²) in [6, 6.07) is -11.7. The molecule has 0 aliphatic rings. The summed E-state index contributed by atoms with van der Waals surface area (Å²) in [5.74, 6) is -26.8. The number of hydrogen-bond donors (Lipinski definition) is 24. The van der Waals surface area contributed by atoms with Gasteiger partial charge in [-0.25, -0.2) is 4.79 Å². The van der Waals surface area contributed by atoms with E-state index in [1.165, 1.54) is 38.1 Å². The van der Waals surface area contributed by atoms with Crippen molar-refractivity contribution in [3.8, 4) is 5.75 Å². The summed E-state index contributed by atoms with van der Waals surface area (Å²) < 4.78 is 0. The van der Waals surface area contributed by atoms with E-state index in [4.69, 9.17) is 11.5 Å². The maximum atomic E-state index is 14.8. The minimum Gasteiger partial charge on any atom is -0.508 e. The number of nitrogens with two attached hydrogens (primary N) is 2. The number of carbonyl (C=O) groups excluding carboxylic acids is 15. The monoisotopic (exact) mass is 1820 g/mol. The van der Waals surface area contributed by atoms with Gasteiger partial charge in [-0.1, -0.05) is 126 Å². The van der Waals surface area contributed by atoms with Crippen molar-refractivity contribution in [2.45, 2.75) is 296 Å². The molecule has 720 valence electrons. The Morgan fingerprint density at radius 1 is 0.295 bits per heavy atom. The maximum absolute atomic E-state index is 14.8. The molecule has 2 rings (SSSR count). The zero-order chi connectivity index (χ0) is 98.0. The van der Waals surface area contributed by atoms with Gasteiger partial charge in [0.2, 0.25) is 88.6 Å². The quantitative estimate of drug-likeness (QED) is 0.0322. The average molecular weight is 1830 g/mol. The Hall–Kier alpha value is -12.5. The highest BCUT2D eigenvalue weighted by Gasteiger charge is 2.41. The van der Waals surface area contributed by atoms with Gasteiger partial charge in [-0.2, -0.15) is 0 Å². The van der Waals surface area contributed by atoms with E-state index < -0.39 is 303 Å². The standard InChI is InChI=1S/C85H132N16O28/c1-41(2)33-51(86)71(114)88-52(23-28-64(87)105)76(119)101-70(47(13)103)84(127)99-63(40-102)82(125)95-57(34-42(3)4)77(120)90-53(24-29-65(106)107)72(115)89-56(27-32-68(112)113)75(118)100-69(46(11)12)83(126)92-55(26-31-67(110)111)74(117)93-58(35-43(5)6)78(121)94-59(36-44(7)8)79(122)97-61(39-49-19-21-50(104)22-20-49)80(123)91-54(25-30-66(108)109)73(116)96-60(38-48-17-15-14-16-18-48)81(124)98-62(85(128)129)37-45(9)10/h14-22,41-47,51-63,69-70,102-104H,23-40,86H2,1-13H3,(H2,87,105)(H,88,114)(H,89,115)(H,90,120)(H,91,123)(H,92,126)(H,93,117)(H,94,121)(H,95,125)(H,96,116)(H,97,122)(H,98,124)(H,99,127)(H,100,118)(H,101,119)(H,106,107)(H,108,109)(H,110,111)(H,112,113)(H,128,129)/t47-,51+,52+,53+,54+,55+,56+,57+,58+,59+,60+,61+,62+,63+,69+,70+/m1/s1. The van der Waals surface area contributed by atoms with Gasteiger partial charge < -0.3 is 127 Å². The molecule has 0 bridgehead atoms. The molecule has 15 amide bonds. The fourth-order valence-electron chi connectivity index (χ4n) is 13.1. The van der Waals surface area contributed by atoms with Crippen LogP contribution in [0.15, 0.2) is 54.6 Å². The Balaban J connectivity index is 2.60. The predicted molar refractivity (Wildman–Crippen MR) is 461 cm³/mol.